The average molecular weight is 681 g/mol. The summed E-state index contributed by atoms with van der Waals surface area (Å²) in [5, 5.41) is 9.11. The first kappa shape index (κ1) is 36.3. The molecule has 0 bridgehead atoms. The third kappa shape index (κ3) is 6.15. The molecule has 0 saturated heterocycles. The van der Waals surface area contributed by atoms with Crippen LogP contribution in [0.2, 0.25) is 0 Å². The van der Waals surface area contributed by atoms with E-state index in [1.807, 2.05) is 7.11 Å². The van der Waals surface area contributed by atoms with Crippen LogP contribution in [0.3, 0.4) is 0 Å². The first-order valence-electron chi connectivity index (χ1n) is 18.8. The zero-order chi connectivity index (χ0) is 35.6. The minimum Gasteiger partial charge on any atom is -0.463 e. The lowest BCUT2D eigenvalue weighted by Crippen LogP contribution is -2.58. The number of allylic oxidation sites excluding steroid dienone is 2. The van der Waals surface area contributed by atoms with Crippen molar-refractivity contribution in [2.75, 3.05) is 7.11 Å². The first-order chi connectivity index (χ1) is 23.0. The third-order valence-corrected chi connectivity index (χ3v) is 15.1. The summed E-state index contributed by atoms with van der Waals surface area (Å²) in [5.74, 6) is 0.999. The molecule has 4 fully saturated rings. The van der Waals surface area contributed by atoms with Gasteiger partial charge in [-0.2, -0.15) is 0 Å². The van der Waals surface area contributed by atoms with Crippen LogP contribution >= 0.6 is 0 Å². The predicted octanol–water partition coefficient (Wildman–Crippen LogP) is 8.18. The minimum atomic E-state index is -0.709. The number of aliphatic hydroxyl groups excluding tert-OH is 1. The van der Waals surface area contributed by atoms with Crippen molar-refractivity contribution in [3.05, 3.63) is 40.0 Å². The second kappa shape index (κ2) is 13.0. The van der Waals surface area contributed by atoms with E-state index in [4.69, 9.17) is 23.7 Å². The third-order valence-electron chi connectivity index (χ3n) is 15.1. The molecule has 1 heterocycles. The van der Waals surface area contributed by atoms with E-state index in [1.165, 1.54) is 38.5 Å². The molecule has 8 nitrogen and oxygen atoms in total. The molecular weight excluding hydrogens is 620 g/mol. The highest BCUT2D eigenvalue weighted by Gasteiger charge is 2.63. The summed E-state index contributed by atoms with van der Waals surface area (Å²) in [7, 11) is 1.90. The highest BCUT2D eigenvalue weighted by Crippen LogP contribution is 2.70. The minimum absolute atomic E-state index is 0.0765. The topological polar surface area (TPSA) is 112 Å². The molecule has 0 unspecified atom stereocenters. The highest BCUT2D eigenvalue weighted by molar-refractivity contribution is 5.79. The van der Waals surface area contributed by atoms with E-state index in [0.29, 0.717) is 40.6 Å². The number of hydrogen-bond donors (Lipinski definition) is 1. The lowest BCUT2D eigenvalue weighted by Gasteiger charge is -2.64. The van der Waals surface area contributed by atoms with Gasteiger partial charge in [0.05, 0.1) is 18.9 Å². The van der Waals surface area contributed by atoms with E-state index in [9.17, 15) is 14.4 Å². The molecule has 5 aliphatic rings. The summed E-state index contributed by atoms with van der Waals surface area (Å²) < 4.78 is 22.4. The second-order valence-corrected chi connectivity index (χ2v) is 18.3. The van der Waals surface area contributed by atoms with E-state index >= 15 is 0 Å². The van der Waals surface area contributed by atoms with Crippen LogP contribution in [0.15, 0.2) is 33.2 Å². The Labute approximate surface area is 292 Å². The van der Waals surface area contributed by atoms with E-state index < -0.39 is 24.0 Å². The van der Waals surface area contributed by atoms with Crippen LogP contribution in [0.1, 0.15) is 131 Å². The number of esters is 2. The van der Waals surface area contributed by atoms with Gasteiger partial charge in [0.1, 0.15) is 24.7 Å². The molecule has 0 amide bonds. The van der Waals surface area contributed by atoms with Crippen LogP contribution < -0.4 is 10.2 Å². The first-order valence-corrected chi connectivity index (χ1v) is 18.8. The standard InChI is InChI=1S/C41H60O8/c1-37(2)31-15-18-39(5)22-25-9-11-30-38(3,4)34(49-36(45)14-13-35(44)48-29-24-47-26(23-42)21-28(29)43)17-19-40(30,6)27(25)10-12-32(39)41(31,7)20-16-33(37)46-8/h9,21,24,27,30-34,42H,10-20,22-23H2,1-8H3/t27-,30-,31-,32+,33+,34-,39+,40+,41-/m1/s1. The van der Waals surface area contributed by atoms with Crippen LogP contribution in [0.5, 0.6) is 5.75 Å². The van der Waals surface area contributed by atoms with Crippen molar-refractivity contribution in [3.63, 3.8) is 0 Å². The van der Waals surface area contributed by atoms with Gasteiger partial charge >= 0.3 is 11.9 Å². The van der Waals surface area contributed by atoms with Gasteiger partial charge in [0.15, 0.2) is 0 Å². The Morgan fingerprint density at radius 3 is 2.20 bits per heavy atom. The molecule has 0 radical (unpaired) electrons. The number of aliphatic hydroxyl groups is 1. The van der Waals surface area contributed by atoms with Gasteiger partial charge in [-0.3, -0.25) is 14.4 Å². The van der Waals surface area contributed by atoms with Crippen LogP contribution in [-0.2, 0) is 25.7 Å². The van der Waals surface area contributed by atoms with Crippen molar-refractivity contribution in [3.8, 4) is 5.75 Å². The molecule has 0 aromatic carbocycles. The van der Waals surface area contributed by atoms with E-state index in [0.717, 1.165) is 38.0 Å². The number of ether oxygens (including phenoxy) is 3. The lowest BCUT2D eigenvalue weighted by atomic mass is 9.42. The zero-order valence-electron chi connectivity index (χ0n) is 31.2. The second-order valence-electron chi connectivity index (χ2n) is 18.3. The number of rotatable bonds is 7. The van der Waals surface area contributed by atoms with Gasteiger partial charge < -0.3 is 23.7 Å². The van der Waals surface area contributed by atoms with Crippen LogP contribution in [0.25, 0.3) is 0 Å². The van der Waals surface area contributed by atoms with Gasteiger partial charge in [0, 0.05) is 18.6 Å². The van der Waals surface area contributed by atoms with Crippen LogP contribution in [-0.4, -0.2) is 36.4 Å². The van der Waals surface area contributed by atoms with Crippen molar-refractivity contribution >= 4 is 11.9 Å². The summed E-state index contributed by atoms with van der Waals surface area (Å²) in [4.78, 5) is 37.6. The lowest BCUT2D eigenvalue weighted by molar-refractivity contribution is -0.178. The number of carbonyl (C=O) groups excluding carboxylic acids is 2. The highest BCUT2D eigenvalue weighted by atomic mass is 16.6. The van der Waals surface area contributed by atoms with Crippen molar-refractivity contribution < 1.29 is 33.3 Å². The van der Waals surface area contributed by atoms with Crippen LogP contribution in [0, 0.1) is 50.7 Å². The van der Waals surface area contributed by atoms with E-state index in [-0.39, 0.29) is 46.7 Å². The summed E-state index contributed by atoms with van der Waals surface area (Å²) in [6, 6.07) is 1.08. The quantitative estimate of drug-likeness (QED) is 0.227. The van der Waals surface area contributed by atoms with Crippen molar-refractivity contribution in [1.82, 2.24) is 0 Å². The molecule has 0 aliphatic heterocycles. The van der Waals surface area contributed by atoms with E-state index in [2.05, 4.69) is 54.5 Å². The molecule has 0 spiro atoms. The largest absolute Gasteiger partial charge is 0.463 e. The Kier molecular flexibility index (Phi) is 9.61. The molecule has 6 rings (SSSR count). The maximum Gasteiger partial charge on any atom is 0.312 e. The molecular formula is C41H60O8. The van der Waals surface area contributed by atoms with Crippen molar-refractivity contribution in [2.45, 2.75) is 144 Å². The van der Waals surface area contributed by atoms with E-state index in [1.54, 1.807) is 5.57 Å². The van der Waals surface area contributed by atoms with Gasteiger partial charge in [0.25, 0.3) is 0 Å². The Morgan fingerprint density at radius 2 is 1.51 bits per heavy atom. The normalized spacial score (nSPS) is 39.2. The van der Waals surface area contributed by atoms with Gasteiger partial charge in [-0.15, -0.1) is 0 Å². The van der Waals surface area contributed by atoms with Crippen molar-refractivity contribution in [2.24, 2.45) is 50.7 Å². The SMILES string of the molecule is CO[C@H]1CC[C@]2(C)[C@H](CC[C@@]3(C)CC4=CC[C@@H]5C(C)(C)[C@H](OC(=O)CCC(=O)Oc6coc(CO)cc6=O)CC[C@@]5(C)[C@@H]4CC[C@@H]32)C1(C)C. The van der Waals surface area contributed by atoms with Crippen molar-refractivity contribution in [1.29, 1.82) is 0 Å². The maximum atomic E-state index is 13.1. The summed E-state index contributed by atoms with van der Waals surface area (Å²) in [6.45, 7) is 16.8. The fraction of sp³-hybridized carbons (Fsp3) is 0.780. The Balaban J connectivity index is 1.12. The van der Waals surface area contributed by atoms with Crippen LogP contribution in [0.4, 0.5) is 0 Å². The maximum absolute atomic E-state index is 13.1. The predicted molar refractivity (Wildman–Crippen MR) is 187 cm³/mol. The number of methoxy groups -OCH3 is 1. The van der Waals surface area contributed by atoms with Gasteiger partial charge in [-0.1, -0.05) is 60.1 Å². The summed E-state index contributed by atoms with van der Waals surface area (Å²) in [5.41, 5.74) is 1.88. The fourth-order valence-corrected chi connectivity index (χ4v) is 12.7. The Hall–Kier alpha value is -2.45. The number of fused-ring (bicyclic) bond motifs is 6. The molecule has 1 aromatic heterocycles. The number of carbonyl (C=O) groups is 2. The van der Waals surface area contributed by atoms with Gasteiger partial charge in [-0.05, 0) is 110 Å². The monoisotopic (exact) mass is 680 g/mol. The molecule has 1 aromatic rings. The molecule has 1 N–H and O–H groups in total. The molecule has 9 atom stereocenters. The summed E-state index contributed by atoms with van der Waals surface area (Å²) >= 11 is 0. The molecule has 8 heteroatoms. The summed E-state index contributed by atoms with van der Waals surface area (Å²) in [6.07, 6.45) is 14.9. The molecule has 4 saturated carbocycles. The molecule has 5 aliphatic carbocycles. The van der Waals surface area contributed by atoms with Gasteiger partial charge in [0.2, 0.25) is 11.2 Å². The molecule has 272 valence electrons. The smallest absolute Gasteiger partial charge is 0.312 e. The molecule has 49 heavy (non-hydrogen) atoms. The average Bonchev–Trinajstić information content (AvgIpc) is 3.19. The number of hydrogen-bond acceptors (Lipinski definition) is 8. The Bertz CT molecular complexity index is 1520. The zero-order valence-corrected chi connectivity index (χ0v) is 31.2. The van der Waals surface area contributed by atoms with Gasteiger partial charge in [-0.25, -0.2) is 0 Å². The fourth-order valence-electron chi connectivity index (χ4n) is 12.7. The Morgan fingerprint density at radius 1 is 0.837 bits per heavy atom.